The minimum absolute atomic E-state index is 0. The molecule has 2 aliphatic heterocycles. The van der Waals surface area contributed by atoms with Crippen LogP contribution in [0.4, 0.5) is 0 Å². The number of carbonyl (C=O) groups is 1. The van der Waals surface area contributed by atoms with Crippen molar-refractivity contribution in [3.05, 3.63) is 34.9 Å². The fourth-order valence-corrected chi connectivity index (χ4v) is 3.98. The molecular formula is C18H28Cl2N4O. The summed E-state index contributed by atoms with van der Waals surface area (Å²) < 4.78 is 0. The number of hydrogen-bond donors (Lipinski definition) is 3. The van der Waals surface area contributed by atoms with E-state index in [1.165, 1.54) is 0 Å². The lowest BCUT2D eigenvalue weighted by molar-refractivity contribution is -0.136. The quantitative estimate of drug-likeness (QED) is 0.727. The van der Waals surface area contributed by atoms with E-state index in [2.05, 4.69) is 28.0 Å². The average Bonchev–Trinajstić information content (AvgIpc) is 3.10. The lowest BCUT2D eigenvalue weighted by Crippen LogP contribution is -2.52. The molecule has 7 heteroatoms. The molecule has 2 heterocycles. The zero-order chi connectivity index (χ0) is 16.9. The summed E-state index contributed by atoms with van der Waals surface area (Å²) in [6.07, 6.45) is 3.80. The molecule has 3 N–H and O–H groups in total. The van der Waals surface area contributed by atoms with Crippen molar-refractivity contribution in [3.8, 4) is 0 Å². The molecule has 0 saturated carbocycles. The predicted molar refractivity (Wildman–Crippen MR) is 104 cm³/mol. The number of nitrogens with one attached hydrogen (secondary N) is 3. The zero-order valence-electron chi connectivity index (χ0n) is 14.6. The van der Waals surface area contributed by atoms with Crippen LogP contribution in [-0.4, -0.2) is 42.5 Å². The summed E-state index contributed by atoms with van der Waals surface area (Å²) in [4.78, 5) is 15.2. The number of amides is 1. The predicted octanol–water partition coefficient (Wildman–Crippen LogP) is 2.66. The second-order valence-electron chi connectivity index (χ2n) is 6.66. The molecule has 0 bridgehead atoms. The molecule has 140 valence electrons. The first-order valence-electron chi connectivity index (χ1n) is 8.97. The zero-order valence-corrected chi connectivity index (χ0v) is 16.2. The van der Waals surface area contributed by atoms with Crippen molar-refractivity contribution < 1.29 is 4.79 Å². The van der Waals surface area contributed by atoms with Crippen LogP contribution < -0.4 is 16.2 Å². The van der Waals surface area contributed by atoms with E-state index in [1.54, 1.807) is 0 Å². The van der Waals surface area contributed by atoms with Gasteiger partial charge < -0.3 is 10.2 Å². The third-order valence-electron chi connectivity index (χ3n) is 4.98. The topological polar surface area (TPSA) is 56.4 Å². The number of benzene rings is 1. The summed E-state index contributed by atoms with van der Waals surface area (Å²) in [5.41, 5.74) is 7.49. The van der Waals surface area contributed by atoms with Gasteiger partial charge in [-0.1, -0.05) is 36.7 Å². The summed E-state index contributed by atoms with van der Waals surface area (Å²) in [6, 6.07) is 8.07. The van der Waals surface area contributed by atoms with E-state index >= 15 is 0 Å². The van der Waals surface area contributed by atoms with Gasteiger partial charge in [0.25, 0.3) is 0 Å². The molecule has 1 aromatic carbocycles. The van der Waals surface area contributed by atoms with Crippen LogP contribution in [-0.2, 0) is 4.79 Å². The first-order valence-corrected chi connectivity index (χ1v) is 9.35. The van der Waals surface area contributed by atoms with Gasteiger partial charge in [0.15, 0.2) is 0 Å². The number of halogens is 2. The molecule has 0 radical (unpaired) electrons. The molecule has 5 nitrogen and oxygen atoms in total. The van der Waals surface area contributed by atoms with E-state index in [1.807, 2.05) is 24.3 Å². The van der Waals surface area contributed by atoms with E-state index in [0.29, 0.717) is 6.04 Å². The van der Waals surface area contributed by atoms with Crippen molar-refractivity contribution in [2.45, 2.75) is 50.7 Å². The minimum Gasteiger partial charge on any atom is -0.338 e. The first kappa shape index (κ1) is 20.5. The number of hydrazine groups is 1. The lowest BCUT2D eigenvalue weighted by Gasteiger charge is -2.36. The van der Waals surface area contributed by atoms with Gasteiger partial charge in [0.1, 0.15) is 6.04 Å². The molecule has 25 heavy (non-hydrogen) atoms. The maximum atomic E-state index is 13.1. The summed E-state index contributed by atoms with van der Waals surface area (Å²) >= 11 is 6.30. The van der Waals surface area contributed by atoms with E-state index in [4.69, 9.17) is 11.6 Å². The van der Waals surface area contributed by atoms with Gasteiger partial charge in [-0.25, -0.2) is 10.9 Å². The van der Waals surface area contributed by atoms with Gasteiger partial charge in [-0.2, -0.15) is 0 Å². The number of nitrogens with zero attached hydrogens (tertiary/aromatic N) is 1. The maximum Gasteiger partial charge on any atom is 0.241 e. The van der Waals surface area contributed by atoms with Gasteiger partial charge in [-0.3, -0.25) is 4.79 Å². The Labute approximate surface area is 161 Å². The summed E-state index contributed by atoms with van der Waals surface area (Å²) in [7, 11) is 0. The summed E-state index contributed by atoms with van der Waals surface area (Å²) in [6.45, 7) is 4.96. The number of piperidine rings is 1. The smallest absolute Gasteiger partial charge is 0.241 e. The van der Waals surface area contributed by atoms with Gasteiger partial charge in [0, 0.05) is 23.7 Å². The molecule has 1 aromatic rings. The fraction of sp³-hybridized carbons (Fsp3) is 0.611. The Morgan fingerprint density at radius 3 is 2.64 bits per heavy atom. The van der Waals surface area contributed by atoms with Gasteiger partial charge in [0.2, 0.25) is 5.91 Å². The van der Waals surface area contributed by atoms with Crippen LogP contribution in [0.1, 0.15) is 44.2 Å². The van der Waals surface area contributed by atoms with Crippen LogP contribution in [0.5, 0.6) is 0 Å². The van der Waals surface area contributed by atoms with Crippen molar-refractivity contribution in [1.82, 2.24) is 21.1 Å². The Morgan fingerprint density at radius 1 is 1.24 bits per heavy atom. The average molecular weight is 387 g/mol. The highest BCUT2D eigenvalue weighted by Crippen LogP contribution is 2.29. The van der Waals surface area contributed by atoms with E-state index in [-0.39, 0.29) is 30.4 Å². The maximum absolute atomic E-state index is 13.1. The van der Waals surface area contributed by atoms with Crippen LogP contribution >= 0.6 is 24.0 Å². The molecule has 2 aliphatic rings. The number of carbonyl (C=O) groups excluding carboxylic acids is 1. The highest BCUT2D eigenvalue weighted by atomic mass is 35.5. The van der Waals surface area contributed by atoms with Crippen molar-refractivity contribution in [2.75, 3.05) is 19.6 Å². The van der Waals surface area contributed by atoms with Crippen LogP contribution in [0.25, 0.3) is 0 Å². The van der Waals surface area contributed by atoms with Gasteiger partial charge in [0.05, 0.1) is 0 Å². The second kappa shape index (κ2) is 9.74. The molecule has 2 saturated heterocycles. The van der Waals surface area contributed by atoms with Gasteiger partial charge >= 0.3 is 0 Å². The highest BCUT2D eigenvalue weighted by Gasteiger charge is 2.35. The summed E-state index contributed by atoms with van der Waals surface area (Å²) in [5.74, 6) is 0.214. The van der Waals surface area contributed by atoms with Crippen LogP contribution in [0.2, 0.25) is 5.02 Å². The van der Waals surface area contributed by atoms with Crippen molar-refractivity contribution >= 4 is 29.9 Å². The fourth-order valence-electron chi connectivity index (χ4n) is 3.71. The molecule has 3 rings (SSSR count). The molecule has 0 spiro atoms. The second-order valence-corrected chi connectivity index (χ2v) is 7.07. The van der Waals surface area contributed by atoms with Gasteiger partial charge in [-0.15, -0.1) is 12.4 Å². The van der Waals surface area contributed by atoms with Gasteiger partial charge in [-0.05, 0) is 50.4 Å². The Kier molecular flexibility index (Phi) is 7.97. The van der Waals surface area contributed by atoms with Crippen LogP contribution in [0.15, 0.2) is 24.3 Å². The number of hydrogen-bond acceptors (Lipinski definition) is 4. The highest BCUT2D eigenvalue weighted by molar-refractivity contribution is 6.31. The van der Waals surface area contributed by atoms with Crippen molar-refractivity contribution in [2.24, 2.45) is 0 Å². The molecule has 0 aliphatic carbocycles. The van der Waals surface area contributed by atoms with Crippen LogP contribution in [0.3, 0.4) is 0 Å². The Balaban J connectivity index is 0.00000225. The normalized spacial score (nSPS) is 23.9. The monoisotopic (exact) mass is 386 g/mol. The lowest BCUT2D eigenvalue weighted by atomic mass is 9.99. The SMILES string of the molecule is CCCN(C(=O)C1CC(c2ccccc2Cl)NN1)C1CCNCC1.Cl. The van der Waals surface area contributed by atoms with Crippen LogP contribution in [0, 0.1) is 0 Å². The standard InChI is InChI=1S/C18H27ClN4O.ClH/c1-2-11-23(13-7-9-20-10-8-13)18(24)17-12-16(21-22-17)14-5-3-4-6-15(14)19;/h3-6,13,16-17,20-22H,2,7-12H2,1H3;1H. The Morgan fingerprint density at radius 2 is 1.96 bits per heavy atom. The van der Waals surface area contributed by atoms with E-state index in [9.17, 15) is 4.79 Å². The first-order chi connectivity index (χ1) is 11.7. The molecular weight excluding hydrogens is 359 g/mol. The molecule has 2 unspecified atom stereocenters. The van der Waals surface area contributed by atoms with E-state index < -0.39 is 0 Å². The van der Waals surface area contributed by atoms with Crippen molar-refractivity contribution in [1.29, 1.82) is 0 Å². The Bertz CT molecular complexity index is 566. The minimum atomic E-state index is -0.187. The summed E-state index contributed by atoms with van der Waals surface area (Å²) in [5, 5.41) is 4.12. The Hall–Kier alpha value is -0.850. The molecule has 2 atom stereocenters. The third kappa shape index (κ3) is 4.86. The molecule has 0 aromatic heterocycles. The van der Waals surface area contributed by atoms with Crippen molar-refractivity contribution in [3.63, 3.8) is 0 Å². The van der Waals surface area contributed by atoms with E-state index in [0.717, 1.165) is 55.9 Å². The molecule has 2 fully saturated rings. The molecule has 1 amide bonds. The number of rotatable bonds is 5. The largest absolute Gasteiger partial charge is 0.338 e. The third-order valence-corrected chi connectivity index (χ3v) is 5.32.